The van der Waals surface area contributed by atoms with Crippen molar-refractivity contribution in [1.82, 2.24) is 4.98 Å². The molecule has 2 heteroatoms. The summed E-state index contributed by atoms with van der Waals surface area (Å²) >= 11 is 0. The van der Waals surface area contributed by atoms with E-state index in [0.717, 1.165) is 12.1 Å². The van der Waals surface area contributed by atoms with Gasteiger partial charge in [-0.15, -0.1) is 0 Å². The minimum Gasteiger partial charge on any atom is -0.262 e. The third-order valence-electron chi connectivity index (χ3n) is 3.87. The molecule has 109 valence electrons. The van der Waals surface area contributed by atoms with E-state index in [4.69, 9.17) is 0 Å². The van der Waals surface area contributed by atoms with Gasteiger partial charge < -0.3 is 0 Å². The van der Waals surface area contributed by atoms with Gasteiger partial charge in [-0.25, -0.2) is 0 Å². The number of aromatic nitrogens is 1. The normalized spacial score (nSPS) is 10.8. The van der Waals surface area contributed by atoms with Crippen LogP contribution in [0.5, 0.6) is 0 Å². The standard InChI is InChI=1S/C20H20NSi/c1-17-16-18(12-14-21-17)13-15-22(19-8-4-2-5-9-19)20-10-6-3-7-11-20/h2-12,14,16H,13,15H2,1H3. The molecule has 1 heterocycles. The van der Waals surface area contributed by atoms with Gasteiger partial charge in [0.1, 0.15) is 8.80 Å². The maximum atomic E-state index is 4.29. The van der Waals surface area contributed by atoms with Crippen molar-refractivity contribution in [3.63, 3.8) is 0 Å². The van der Waals surface area contributed by atoms with Crippen LogP contribution in [0.15, 0.2) is 79.0 Å². The van der Waals surface area contributed by atoms with Gasteiger partial charge in [-0.05, 0) is 37.1 Å². The fourth-order valence-electron chi connectivity index (χ4n) is 2.76. The monoisotopic (exact) mass is 302 g/mol. The number of hydrogen-bond acceptors (Lipinski definition) is 1. The van der Waals surface area contributed by atoms with Crippen LogP contribution in [0.25, 0.3) is 0 Å². The summed E-state index contributed by atoms with van der Waals surface area (Å²) in [7, 11) is -0.730. The van der Waals surface area contributed by atoms with Crippen LogP contribution in [0.1, 0.15) is 11.3 Å². The molecule has 0 N–H and O–H groups in total. The maximum absolute atomic E-state index is 4.29. The molecule has 0 atom stereocenters. The molecule has 0 spiro atoms. The van der Waals surface area contributed by atoms with Crippen LogP contribution >= 0.6 is 0 Å². The highest BCUT2D eigenvalue weighted by atomic mass is 28.3. The van der Waals surface area contributed by atoms with Gasteiger partial charge in [0.15, 0.2) is 0 Å². The van der Waals surface area contributed by atoms with E-state index in [0.29, 0.717) is 0 Å². The van der Waals surface area contributed by atoms with Gasteiger partial charge in [0.2, 0.25) is 0 Å². The first-order valence-corrected chi connectivity index (χ1v) is 9.42. The minimum atomic E-state index is -0.730. The van der Waals surface area contributed by atoms with Crippen LogP contribution in [0, 0.1) is 6.92 Å². The smallest absolute Gasteiger partial charge is 0.121 e. The van der Waals surface area contributed by atoms with Crippen molar-refractivity contribution >= 4 is 19.2 Å². The molecule has 3 aromatic rings. The summed E-state index contributed by atoms with van der Waals surface area (Å²) in [4.78, 5) is 4.29. The highest BCUT2D eigenvalue weighted by Gasteiger charge is 2.16. The summed E-state index contributed by atoms with van der Waals surface area (Å²) in [5.41, 5.74) is 2.49. The highest BCUT2D eigenvalue weighted by Crippen LogP contribution is 2.08. The number of rotatable bonds is 5. The Bertz CT molecular complexity index is 671. The molecule has 1 nitrogen and oxygen atoms in total. The molecule has 1 radical (unpaired) electrons. The number of aryl methyl sites for hydroxylation is 2. The quantitative estimate of drug-likeness (QED) is 0.659. The molecule has 0 aliphatic rings. The van der Waals surface area contributed by atoms with Crippen molar-refractivity contribution in [3.05, 3.63) is 90.3 Å². The van der Waals surface area contributed by atoms with E-state index in [1.165, 1.54) is 22.0 Å². The van der Waals surface area contributed by atoms with E-state index in [1.54, 1.807) is 0 Å². The Morgan fingerprint density at radius 3 is 1.95 bits per heavy atom. The maximum Gasteiger partial charge on any atom is 0.121 e. The summed E-state index contributed by atoms with van der Waals surface area (Å²) in [5, 5.41) is 2.98. The first-order chi connectivity index (χ1) is 10.8. The summed E-state index contributed by atoms with van der Waals surface area (Å²) in [5.74, 6) is 0. The first kappa shape index (κ1) is 14.7. The van der Waals surface area contributed by atoms with Gasteiger partial charge >= 0.3 is 0 Å². The van der Waals surface area contributed by atoms with Crippen molar-refractivity contribution in [2.24, 2.45) is 0 Å². The molecule has 1 aromatic heterocycles. The summed E-state index contributed by atoms with van der Waals surface area (Å²) in [6, 6.07) is 27.5. The molecule has 3 rings (SSSR count). The van der Waals surface area contributed by atoms with Crippen LogP contribution < -0.4 is 10.4 Å². The van der Waals surface area contributed by atoms with Gasteiger partial charge in [-0.1, -0.05) is 71.0 Å². The fraction of sp³-hybridized carbons (Fsp3) is 0.150. The van der Waals surface area contributed by atoms with Crippen molar-refractivity contribution in [1.29, 1.82) is 0 Å². The van der Waals surface area contributed by atoms with E-state index in [9.17, 15) is 0 Å². The van der Waals surface area contributed by atoms with Crippen molar-refractivity contribution < 1.29 is 0 Å². The largest absolute Gasteiger partial charge is 0.262 e. The van der Waals surface area contributed by atoms with Crippen molar-refractivity contribution in [2.75, 3.05) is 0 Å². The molecular formula is C20H20NSi. The lowest BCUT2D eigenvalue weighted by atomic mass is 10.2. The summed E-state index contributed by atoms with van der Waals surface area (Å²) < 4.78 is 0. The Balaban J connectivity index is 1.83. The number of benzene rings is 2. The Labute approximate surface area is 134 Å². The molecule has 22 heavy (non-hydrogen) atoms. The third-order valence-corrected chi connectivity index (χ3v) is 6.68. The molecule has 0 unspecified atom stereocenters. The molecule has 2 aromatic carbocycles. The molecule has 0 fully saturated rings. The highest BCUT2D eigenvalue weighted by molar-refractivity contribution is 6.85. The van der Waals surface area contributed by atoms with Gasteiger partial charge in [-0.2, -0.15) is 0 Å². The van der Waals surface area contributed by atoms with E-state index in [2.05, 4.69) is 84.7 Å². The van der Waals surface area contributed by atoms with E-state index >= 15 is 0 Å². The molecule has 0 bridgehead atoms. The van der Waals surface area contributed by atoms with Crippen LogP contribution in [0.3, 0.4) is 0 Å². The lowest BCUT2D eigenvalue weighted by Gasteiger charge is -2.16. The second-order valence-corrected chi connectivity index (χ2v) is 8.13. The first-order valence-electron chi connectivity index (χ1n) is 7.71. The van der Waals surface area contributed by atoms with Crippen LogP contribution in [-0.4, -0.2) is 13.8 Å². The molecule has 0 aliphatic carbocycles. The molecular weight excluding hydrogens is 282 g/mol. The number of nitrogens with zero attached hydrogens (tertiary/aromatic N) is 1. The molecule has 0 saturated heterocycles. The molecule has 0 saturated carbocycles. The van der Waals surface area contributed by atoms with E-state index < -0.39 is 8.80 Å². The average molecular weight is 302 g/mol. The van der Waals surface area contributed by atoms with E-state index in [-0.39, 0.29) is 0 Å². The minimum absolute atomic E-state index is 0.730. The topological polar surface area (TPSA) is 12.9 Å². The third kappa shape index (κ3) is 3.71. The zero-order valence-electron chi connectivity index (χ0n) is 12.9. The zero-order valence-corrected chi connectivity index (χ0v) is 13.9. The van der Waals surface area contributed by atoms with Crippen LogP contribution in [0.4, 0.5) is 0 Å². The van der Waals surface area contributed by atoms with Crippen molar-refractivity contribution in [2.45, 2.75) is 19.4 Å². The Morgan fingerprint density at radius 2 is 1.41 bits per heavy atom. The average Bonchev–Trinajstić information content (AvgIpc) is 2.57. The Kier molecular flexibility index (Phi) is 4.81. The summed E-state index contributed by atoms with van der Waals surface area (Å²) in [6.07, 6.45) is 3.03. The van der Waals surface area contributed by atoms with Crippen molar-refractivity contribution in [3.8, 4) is 0 Å². The lowest BCUT2D eigenvalue weighted by molar-refractivity contribution is 1.08. The second-order valence-electron chi connectivity index (χ2n) is 5.52. The molecule has 0 amide bonds. The lowest BCUT2D eigenvalue weighted by Crippen LogP contribution is -2.42. The SMILES string of the molecule is Cc1cc(CC[Si](c2ccccc2)c2ccccc2)ccn1. The van der Waals surface area contributed by atoms with Gasteiger partial charge in [-0.3, -0.25) is 4.98 Å². The predicted octanol–water partition coefficient (Wildman–Crippen LogP) is 3.24. The fourth-order valence-corrected chi connectivity index (χ4v) is 5.40. The van der Waals surface area contributed by atoms with Gasteiger partial charge in [0, 0.05) is 11.9 Å². The summed E-state index contributed by atoms with van der Waals surface area (Å²) in [6.45, 7) is 2.06. The van der Waals surface area contributed by atoms with E-state index in [1.807, 2.05) is 6.20 Å². The van der Waals surface area contributed by atoms with Crippen LogP contribution in [0.2, 0.25) is 6.04 Å². The Hall–Kier alpha value is -2.19. The Morgan fingerprint density at radius 1 is 0.818 bits per heavy atom. The second kappa shape index (κ2) is 7.19. The predicted molar refractivity (Wildman–Crippen MR) is 95.4 cm³/mol. The van der Waals surface area contributed by atoms with Gasteiger partial charge in [0.25, 0.3) is 0 Å². The van der Waals surface area contributed by atoms with Crippen LogP contribution in [-0.2, 0) is 6.42 Å². The number of hydrogen-bond donors (Lipinski definition) is 0. The molecule has 0 aliphatic heterocycles. The zero-order chi connectivity index (χ0) is 15.2. The van der Waals surface area contributed by atoms with Gasteiger partial charge in [0.05, 0.1) is 0 Å². The number of pyridine rings is 1.